The lowest BCUT2D eigenvalue weighted by Gasteiger charge is -2.33. The van der Waals surface area contributed by atoms with Crippen molar-refractivity contribution in [2.45, 2.75) is 0 Å². The highest BCUT2D eigenvalue weighted by Gasteiger charge is 2.32. The summed E-state index contributed by atoms with van der Waals surface area (Å²) in [6.07, 6.45) is 0. The van der Waals surface area contributed by atoms with Crippen molar-refractivity contribution in [2.24, 2.45) is 5.92 Å². The number of rotatable bonds is 2. The van der Waals surface area contributed by atoms with Gasteiger partial charge in [-0.3, -0.25) is 4.79 Å². The summed E-state index contributed by atoms with van der Waals surface area (Å²) in [7, 11) is 1.30. The van der Waals surface area contributed by atoms with Gasteiger partial charge in [0.15, 0.2) is 0 Å². The lowest BCUT2D eigenvalue weighted by Crippen LogP contribution is -2.45. The van der Waals surface area contributed by atoms with E-state index in [1.807, 2.05) is 4.31 Å². The molecule has 1 N–H and O–H groups in total. The highest BCUT2D eigenvalue weighted by Crippen LogP contribution is 2.25. The Balaban J connectivity index is 2.19. The number of aliphatic carboxylic acids is 1. The first-order chi connectivity index (χ1) is 4.24. The maximum absolute atomic E-state index is 10.2. The number of hydrogen-bond donors (Lipinski definition) is 2. The first-order valence-electron chi connectivity index (χ1n) is 2.53. The summed E-state index contributed by atoms with van der Waals surface area (Å²) in [6, 6.07) is 0. The molecule has 0 aromatic heterocycles. The Bertz CT molecular complexity index is 124. The van der Waals surface area contributed by atoms with Crippen LogP contribution >= 0.6 is 22.6 Å². The quantitative estimate of drug-likeness (QED) is 0.355. The molecule has 5 heteroatoms. The number of nitrogens with zero attached hydrogens (tertiary/aromatic N) is 1. The third-order valence-electron chi connectivity index (χ3n) is 1.31. The summed E-state index contributed by atoms with van der Waals surface area (Å²) >= 11 is 3.91. The van der Waals surface area contributed by atoms with Gasteiger partial charge >= 0.3 is 5.97 Å². The molecule has 0 amide bonds. The molecule has 1 aliphatic heterocycles. The summed E-state index contributed by atoms with van der Waals surface area (Å²) in [6.45, 7) is 1.26. The third-order valence-corrected chi connectivity index (χ3v) is 2.53. The number of carbonyl (C=O) groups is 1. The van der Waals surface area contributed by atoms with Crippen LogP contribution in [-0.4, -0.2) is 28.5 Å². The molecular weight excluding hydrogens is 158 g/mol. The van der Waals surface area contributed by atoms with Gasteiger partial charge in [0.25, 0.3) is 0 Å². The van der Waals surface area contributed by atoms with Gasteiger partial charge in [0.2, 0.25) is 0 Å². The minimum atomic E-state index is -0.700. The van der Waals surface area contributed by atoms with Crippen molar-refractivity contribution in [1.29, 1.82) is 0 Å². The van der Waals surface area contributed by atoms with Crippen LogP contribution in [0.15, 0.2) is 0 Å². The largest absolute Gasteiger partial charge is 0.481 e. The zero-order chi connectivity index (χ0) is 6.85. The molecule has 0 atom stereocenters. The predicted octanol–water partition coefficient (Wildman–Crippen LogP) is 0.496. The van der Waals surface area contributed by atoms with E-state index in [-0.39, 0.29) is 5.92 Å². The fourth-order valence-corrected chi connectivity index (χ4v) is 1.55. The molecule has 0 radical (unpaired) electrons. The molecule has 0 saturated carbocycles. The van der Waals surface area contributed by atoms with E-state index in [1.54, 1.807) is 0 Å². The van der Waals surface area contributed by atoms with Gasteiger partial charge in [-0.2, -0.15) is 0 Å². The third kappa shape index (κ3) is 1.53. The Kier molecular flexibility index (Phi) is 2.26. The zero-order valence-electron chi connectivity index (χ0n) is 4.65. The molecule has 1 saturated heterocycles. The number of hydrogen-bond acceptors (Lipinski definition) is 4. The highest BCUT2D eigenvalue weighted by atomic mass is 33.1. The van der Waals surface area contributed by atoms with Crippen molar-refractivity contribution in [3.8, 4) is 0 Å². The second-order valence-electron chi connectivity index (χ2n) is 1.96. The van der Waals surface area contributed by atoms with Crippen LogP contribution in [0.3, 0.4) is 0 Å². The van der Waals surface area contributed by atoms with E-state index in [9.17, 15) is 4.79 Å². The molecule has 9 heavy (non-hydrogen) atoms. The molecule has 0 bridgehead atoms. The molecule has 0 unspecified atom stereocenters. The molecule has 0 aromatic rings. The van der Waals surface area contributed by atoms with Gasteiger partial charge in [-0.05, 0) is 11.0 Å². The number of thiol groups is 1. The van der Waals surface area contributed by atoms with Crippen LogP contribution in [0.5, 0.6) is 0 Å². The molecule has 1 rings (SSSR count). The van der Waals surface area contributed by atoms with Crippen molar-refractivity contribution >= 4 is 28.6 Å². The lowest BCUT2D eigenvalue weighted by atomic mass is 10.0. The lowest BCUT2D eigenvalue weighted by molar-refractivity contribution is -0.145. The number of carboxylic acids is 1. The van der Waals surface area contributed by atoms with Crippen molar-refractivity contribution < 1.29 is 9.90 Å². The Labute approximate surface area is 62.4 Å². The van der Waals surface area contributed by atoms with Crippen LogP contribution in [-0.2, 0) is 4.79 Å². The second-order valence-corrected chi connectivity index (χ2v) is 3.13. The maximum atomic E-state index is 10.2. The first kappa shape index (κ1) is 7.24. The molecule has 0 aliphatic carbocycles. The van der Waals surface area contributed by atoms with E-state index in [0.717, 1.165) is 0 Å². The van der Waals surface area contributed by atoms with Gasteiger partial charge in [-0.15, -0.1) is 0 Å². The van der Waals surface area contributed by atoms with E-state index in [1.165, 1.54) is 11.0 Å². The fraction of sp³-hybridized carbons (Fsp3) is 0.750. The molecule has 1 heterocycles. The topological polar surface area (TPSA) is 40.5 Å². The van der Waals surface area contributed by atoms with Crippen molar-refractivity contribution in [3.63, 3.8) is 0 Å². The van der Waals surface area contributed by atoms with Gasteiger partial charge in [-0.25, -0.2) is 4.31 Å². The Morgan fingerprint density at radius 2 is 2.33 bits per heavy atom. The average molecular weight is 165 g/mol. The van der Waals surface area contributed by atoms with Crippen LogP contribution in [0.25, 0.3) is 0 Å². The summed E-state index contributed by atoms with van der Waals surface area (Å²) < 4.78 is 1.89. The molecule has 1 fully saturated rings. The van der Waals surface area contributed by atoms with E-state index in [0.29, 0.717) is 13.1 Å². The Morgan fingerprint density at radius 1 is 1.78 bits per heavy atom. The molecular formula is C4H7NO2S2. The van der Waals surface area contributed by atoms with Gasteiger partial charge < -0.3 is 5.11 Å². The molecule has 0 spiro atoms. The SMILES string of the molecule is O=C(O)C1CN(SS)C1. The normalized spacial score (nSPS) is 21.4. The van der Waals surface area contributed by atoms with Gasteiger partial charge in [0, 0.05) is 13.1 Å². The fourth-order valence-electron chi connectivity index (χ4n) is 0.661. The van der Waals surface area contributed by atoms with Gasteiger partial charge in [-0.1, -0.05) is 11.7 Å². The van der Waals surface area contributed by atoms with Crippen LogP contribution in [0.4, 0.5) is 0 Å². The van der Waals surface area contributed by atoms with E-state index >= 15 is 0 Å². The predicted molar refractivity (Wildman–Crippen MR) is 39.3 cm³/mol. The summed E-state index contributed by atoms with van der Waals surface area (Å²) in [5, 5.41) is 8.39. The van der Waals surface area contributed by atoms with E-state index in [2.05, 4.69) is 11.7 Å². The standard InChI is InChI=1S/C4H7NO2S2/c6-4(7)3-1-5(2-3)9-8/h3,8H,1-2H2,(H,6,7). The highest BCUT2D eigenvalue weighted by molar-refractivity contribution is 8.67. The van der Waals surface area contributed by atoms with Crippen molar-refractivity contribution in [2.75, 3.05) is 13.1 Å². The van der Waals surface area contributed by atoms with Crippen LogP contribution < -0.4 is 0 Å². The summed E-state index contributed by atoms with van der Waals surface area (Å²) in [4.78, 5) is 10.2. The Morgan fingerprint density at radius 3 is 2.67 bits per heavy atom. The zero-order valence-corrected chi connectivity index (χ0v) is 6.36. The molecule has 3 nitrogen and oxygen atoms in total. The Hall–Kier alpha value is 0.130. The van der Waals surface area contributed by atoms with Crippen molar-refractivity contribution in [1.82, 2.24) is 4.31 Å². The summed E-state index contributed by atoms with van der Waals surface area (Å²) in [5.41, 5.74) is 0. The average Bonchev–Trinajstić information content (AvgIpc) is 1.61. The van der Waals surface area contributed by atoms with E-state index < -0.39 is 5.97 Å². The molecule has 0 aromatic carbocycles. The minimum absolute atomic E-state index is 0.162. The van der Waals surface area contributed by atoms with Crippen LogP contribution in [0, 0.1) is 5.92 Å². The van der Waals surface area contributed by atoms with Crippen LogP contribution in [0.1, 0.15) is 0 Å². The molecule has 52 valence electrons. The minimum Gasteiger partial charge on any atom is -0.481 e. The number of carboxylic acid groups (broad SMARTS) is 1. The van der Waals surface area contributed by atoms with E-state index in [4.69, 9.17) is 5.11 Å². The molecule has 1 aliphatic rings. The maximum Gasteiger partial charge on any atom is 0.309 e. The monoisotopic (exact) mass is 165 g/mol. The first-order valence-corrected chi connectivity index (χ1v) is 4.36. The van der Waals surface area contributed by atoms with Crippen LogP contribution in [0.2, 0.25) is 0 Å². The van der Waals surface area contributed by atoms with Gasteiger partial charge in [0.05, 0.1) is 5.92 Å². The smallest absolute Gasteiger partial charge is 0.309 e. The van der Waals surface area contributed by atoms with Crippen molar-refractivity contribution in [3.05, 3.63) is 0 Å². The summed E-state index contributed by atoms with van der Waals surface area (Å²) in [5.74, 6) is -0.863. The van der Waals surface area contributed by atoms with Gasteiger partial charge in [0.1, 0.15) is 0 Å². The second kappa shape index (κ2) is 2.81.